The van der Waals surface area contributed by atoms with E-state index < -0.39 is 0 Å². The van der Waals surface area contributed by atoms with Gasteiger partial charge in [0.15, 0.2) is 5.78 Å². The second-order valence-corrected chi connectivity index (χ2v) is 5.02. The number of carbonyl (C=O) groups is 1. The Balaban J connectivity index is 2.23. The maximum atomic E-state index is 11.7. The van der Waals surface area contributed by atoms with Crippen molar-refractivity contribution in [3.8, 4) is 0 Å². The quantitative estimate of drug-likeness (QED) is 0.711. The number of ketones is 1. The molecule has 0 fully saturated rings. The lowest BCUT2D eigenvalue weighted by molar-refractivity contribution is -0.120. The molecule has 3 nitrogen and oxygen atoms in total. The van der Waals surface area contributed by atoms with E-state index in [1.165, 1.54) is 6.42 Å². The van der Waals surface area contributed by atoms with Crippen molar-refractivity contribution in [2.24, 2.45) is 11.8 Å². The summed E-state index contributed by atoms with van der Waals surface area (Å²) in [5.41, 5.74) is 0. The Kier molecular flexibility index (Phi) is 5.23. The fourth-order valence-corrected chi connectivity index (χ4v) is 1.75. The van der Waals surface area contributed by atoms with Crippen molar-refractivity contribution in [1.29, 1.82) is 0 Å². The topological polar surface area (TPSA) is 34.9 Å². The first-order valence-electron chi connectivity index (χ1n) is 6.07. The highest BCUT2D eigenvalue weighted by atomic mass is 16.1. The highest BCUT2D eigenvalue weighted by Crippen LogP contribution is 2.15. The number of carbonyl (C=O) groups excluding carboxylic acids is 1. The molecule has 0 aromatic carbocycles. The lowest BCUT2D eigenvalue weighted by Crippen LogP contribution is -2.14. The molecule has 1 unspecified atom stereocenters. The Labute approximate surface area is 97.8 Å². The predicted octanol–water partition coefficient (Wildman–Crippen LogP) is 2.91. The zero-order chi connectivity index (χ0) is 12.0. The van der Waals surface area contributed by atoms with Gasteiger partial charge in [-0.1, -0.05) is 33.6 Å². The van der Waals surface area contributed by atoms with Gasteiger partial charge in [0, 0.05) is 18.8 Å². The minimum atomic E-state index is 0.278. The lowest BCUT2D eigenvalue weighted by Gasteiger charge is -2.12. The third-order valence-corrected chi connectivity index (χ3v) is 2.71. The zero-order valence-electron chi connectivity index (χ0n) is 10.5. The number of hydrogen-bond acceptors (Lipinski definition) is 2. The van der Waals surface area contributed by atoms with Crippen LogP contribution in [-0.2, 0) is 11.3 Å². The third kappa shape index (κ3) is 5.10. The van der Waals surface area contributed by atoms with Crippen molar-refractivity contribution in [2.45, 2.75) is 46.6 Å². The van der Waals surface area contributed by atoms with E-state index in [2.05, 4.69) is 25.9 Å². The first kappa shape index (κ1) is 12.9. The molecular formula is C13H22N2O. The van der Waals surface area contributed by atoms with Crippen LogP contribution in [0.25, 0.3) is 0 Å². The summed E-state index contributed by atoms with van der Waals surface area (Å²) in [7, 11) is 0. The van der Waals surface area contributed by atoms with Crippen molar-refractivity contribution >= 4 is 5.78 Å². The van der Waals surface area contributed by atoms with Gasteiger partial charge in [-0.3, -0.25) is 9.48 Å². The van der Waals surface area contributed by atoms with Crippen LogP contribution in [0.4, 0.5) is 0 Å². The maximum Gasteiger partial charge on any atom is 0.154 e. The Morgan fingerprint density at radius 1 is 1.31 bits per heavy atom. The average molecular weight is 222 g/mol. The second kappa shape index (κ2) is 6.46. The van der Waals surface area contributed by atoms with Crippen LogP contribution in [-0.4, -0.2) is 15.6 Å². The molecule has 0 amide bonds. The van der Waals surface area contributed by atoms with Crippen LogP contribution in [0.15, 0.2) is 18.5 Å². The van der Waals surface area contributed by atoms with E-state index in [-0.39, 0.29) is 5.78 Å². The smallest absolute Gasteiger partial charge is 0.154 e. The molecule has 0 saturated heterocycles. The lowest BCUT2D eigenvalue weighted by atomic mass is 9.95. The van der Waals surface area contributed by atoms with Gasteiger partial charge in [0.1, 0.15) is 0 Å². The molecule has 1 aromatic rings. The minimum absolute atomic E-state index is 0.278. The van der Waals surface area contributed by atoms with Crippen LogP contribution >= 0.6 is 0 Å². The summed E-state index contributed by atoms with van der Waals surface area (Å²) in [4.78, 5) is 11.7. The fourth-order valence-electron chi connectivity index (χ4n) is 1.75. The molecule has 1 heterocycles. The Morgan fingerprint density at radius 3 is 2.62 bits per heavy atom. The SMILES string of the molecule is CC(C)CCC(C)CC(=O)Cn1cccn1. The number of aromatic nitrogens is 2. The van der Waals surface area contributed by atoms with Crippen molar-refractivity contribution in [1.82, 2.24) is 9.78 Å². The molecule has 1 aromatic heterocycles. The van der Waals surface area contributed by atoms with Crippen LogP contribution in [0.3, 0.4) is 0 Å². The maximum absolute atomic E-state index is 11.7. The van der Waals surface area contributed by atoms with Gasteiger partial charge in [-0.05, 0) is 17.9 Å². The first-order chi connectivity index (χ1) is 7.58. The molecule has 0 saturated carbocycles. The number of rotatable bonds is 7. The average Bonchev–Trinajstić information content (AvgIpc) is 2.67. The van der Waals surface area contributed by atoms with E-state index in [1.54, 1.807) is 10.9 Å². The van der Waals surface area contributed by atoms with Gasteiger partial charge in [-0.15, -0.1) is 0 Å². The molecule has 0 spiro atoms. The molecule has 0 aliphatic rings. The summed E-state index contributed by atoms with van der Waals surface area (Å²) in [5, 5.41) is 4.03. The highest BCUT2D eigenvalue weighted by Gasteiger charge is 2.10. The van der Waals surface area contributed by atoms with Crippen molar-refractivity contribution in [2.75, 3.05) is 0 Å². The van der Waals surface area contributed by atoms with Gasteiger partial charge in [-0.2, -0.15) is 5.10 Å². The molecule has 0 aliphatic heterocycles. The van der Waals surface area contributed by atoms with Gasteiger partial charge in [0.05, 0.1) is 6.54 Å². The van der Waals surface area contributed by atoms with Gasteiger partial charge in [0.2, 0.25) is 0 Å². The van der Waals surface area contributed by atoms with Crippen molar-refractivity contribution in [3.05, 3.63) is 18.5 Å². The number of hydrogen-bond donors (Lipinski definition) is 0. The Morgan fingerprint density at radius 2 is 2.06 bits per heavy atom. The highest BCUT2D eigenvalue weighted by molar-refractivity contribution is 5.78. The standard InChI is InChI=1S/C13H22N2O/c1-11(2)5-6-12(3)9-13(16)10-15-8-4-7-14-15/h4,7-8,11-12H,5-6,9-10H2,1-3H3. The van der Waals surface area contributed by atoms with Crippen LogP contribution in [0.2, 0.25) is 0 Å². The molecule has 0 radical (unpaired) electrons. The van der Waals surface area contributed by atoms with E-state index in [4.69, 9.17) is 0 Å². The Hall–Kier alpha value is -1.12. The summed E-state index contributed by atoms with van der Waals surface area (Å²) in [6.45, 7) is 7.01. The number of Topliss-reactive ketones (excluding diaryl/α,β-unsaturated/α-hetero) is 1. The summed E-state index contributed by atoms with van der Waals surface area (Å²) in [5.74, 6) is 1.49. The summed E-state index contributed by atoms with van der Waals surface area (Å²) in [6.07, 6.45) is 6.55. The summed E-state index contributed by atoms with van der Waals surface area (Å²) in [6, 6.07) is 1.84. The fraction of sp³-hybridized carbons (Fsp3) is 0.692. The molecule has 0 aliphatic carbocycles. The normalized spacial score (nSPS) is 13.0. The van der Waals surface area contributed by atoms with Crippen molar-refractivity contribution in [3.63, 3.8) is 0 Å². The van der Waals surface area contributed by atoms with Crippen LogP contribution in [0, 0.1) is 11.8 Å². The van der Waals surface area contributed by atoms with Gasteiger partial charge in [-0.25, -0.2) is 0 Å². The van der Waals surface area contributed by atoms with Crippen LogP contribution in [0.1, 0.15) is 40.0 Å². The molecule has 1 rings (SSSR count). The molecule has 0 N–H and O–H groups in total. The minimum Gasteiger partial charge on any atom is -0.298 e. The first-order valence-corrected chi connectivity index (χ1v) is 6.07. The zero-order valence-corrected chi connectivity index (χ0v) is 10.5. The largest absolute Gasteiger partial charge is 0.298 e. The third-order valence-electron chi connectivity index (χ3n) is 2.71. The molecule has 90 valence electrons. The molecule has 0 bridgehead atoms. The molecule has 3 heteroatoms. The van der Waals surface area contributed by atoms with Crippen LogP contribution in [0.5, 0.6) is 0 Å². The molecule has 16 heavy (non-hydrogen) atoms. The second-order valence-electron chi connectivity index (χ2n) is 5.02. The monoisotopic (exact) mass is 222 g/mol. The van der Waals surface area contributed by atoms with Crippen LogP contribution < -0.4 is 0 Å². The summed E-state index contributed by atoms with van der Waals surface area (Å²) < 4.78 is 1.69. The van der Waals surface area contributed by atoms with E-state index in [0.717, 1.165) is 12.3 Å². The van der Waals surface area contributed by atoms with Gasteiger partial charge < -0.3 is 0 Å². The molecule has 1 atom stereocenters. The summed E-state index contributed by atoms with van der Waals surface area (Å²) >= 11 is 0. The molecular weight excluding hydrogens is 200 g/mol. The number of nitrogens with zero attached hydrogens (tertiary/aromatic N) is 2. The van der Waals surface area contributed by atoms with Gasteiger partial charge >= 0.3 is 0 Å². The van der Waals surface area contributed by atoms with E-state index >= 15 is 0 Å². The van der Waals surface area contributed by atoms with Crippen molar-refractivity contribution < 1.29 is 4.79 Å². The Bertz CT molecular complexity index is 304. The van der Waals surface area contributed by atoms with E-state index in [9.17, 15) is 4.79 Å². The van der Waals surface area contributed by atoms with E-state index in [0.29, 0.717) is 18.9 Å². The van der Waals surface area contributed by atoms with E-state index in [1.807, 2.05) is 12.3 Å². The predicted molar refractivity (Wildman–Crippen MR) is 65.1 cm³/mol. The van der Waals surface area contributed by atoms with Gasteiger partial charge in [0.25, 0.3) is 0 Å².